The van der Waals surface area contributed by atoms with E-state index in [1.807, 2.05) is 0 Å². The van der Waals surface area contributed by atoms with Crippen LogP contribution in [0.3, 0.4) is 0 Å². The number of amides is 1. The summed E-state index contributed by atoms with van der Waals surface area (Å²) in [5, 5.41) is 5.30. The number of hydrogen-bond acceptors (Lipinski definition) is 3. The number of nitrogens with one attached hydrogen (secondary N) is 2. The van der Waals surface area contributed by atoms with Gasteiger partial charge in [0, 0.05) is 6.54 Å². The van der Waals surface area contributed by atoms with Crippen molar-refractivity contribution >= 4 is 17.3 Å². The second kappa shape index (κ2) is 7.62. The van der Waals surface area contributed by atoms with Gasteiger partial charge in [0.05, 0.1) is 17.6 Å². The fourth-order valence-electron chi connectivity index (χ4n) is 1.85. The number of anilines is 2. The summed E-state index contributed by atoms with van der Waals surface area (Å²) >= 11 is 0. The molecule has 1 aromatic carbocycles. The van der Waals surface area contributed by atoms with Gasteiger partial charge in [0.2, 0.25) is 0 Å². The maximum Gasteiger partial charge on any atom is 0.274 e. The van der Waals surface area contributed by atoms with Crippen molar-refractivity contribution in [1.82, 2.24) is 4.98 Å². The average Bonchev–Trinajstić information content (AvgIpc) is 2.56. The van der Waals surface area contributed by atoms with E-state index in [1.54, 1.807) is 6.07 Å². The zero-order valence-corrected chi connectivity index (χ0v) is 12.5. The summed E-state index contributed by atoms with van der Waals surface area (Å²) in [7, 11) is 0. The first kappa shape index (κ1) is 16.8. The minimum absolute atomic E-state index is 0.0372. The van der Waals surface area contributed by atoms with Gasteiger partial charge < -0.3 is 10.6 Å². The smallest absolute Gasteiger partial charge is 0.274 e. The van der Waals surface area contributed by atoms with Crippen LogP contribution >= 0.6 is 0 Å². The van der Waals surface area contributed by atoms with Gasteiger partial charge in [-0.3, -0.25) is 4.79 Å². The number of unbranched alkanes of at least 4 members (excludes halogenated alkanes) is 1. The molecule has 0 aliphatic heterocycles. The molecule has 1 amide bonds. The van der Waals surface area contributed by atoms with E-state index in [1.165, 1.54) is 12.3 Å². The third-order valence-electron chi connectivity index (χ3n) is 3.14. The van der Waals surface area contributed by atoms with Gasteiger partial charge in [-0.2, -0.15) is 0 Å². The van der Waals surface area contributed by atoms with Gasteiger partial charge in [-0.1, -0.05) is 13.3 Å². The molecule has 0 spiro atoms. The first-order valence-corrected chi connectivity index (χ1v) is 7.17. The average molecular weight is 323 g/mol. The molecule has 0 unspecified atom stereocenters. The van der Waals surface area contributed by atoms with Crippen LogP contribution in [-0.2, 0) is 0 Å². The van der Waals surface area contributed by atoms with Crippen LogP contribution in [0.25, 0.3) is 0 Å². The van der Waals surface area contributed by atoms with Crippen molar-refractivity contribution in [2.75, 3.05) is 17.2 Å². The lowest BCUT2D eigenvalue weighted by atomic mass is 10.2. The predicted molar refractivity (Wildman–Crippen MR) is 81.9 cm³/mol. The van der Waals surface area contributed by atoms with Crippen molar-refractivity contribution in [3.63, 3.8) is 0 Å². The third-order valence-corrected chi connectivity index (χ3v) is 3.14. The summed E-state index contributed by atoms with van der Waals surface area (Å²) in [4.78, 5) is 15.9. The molecule has 0 saturated carbocycles. The van der Waals surface area contributed by atoms with Crippen LogP contribution in [0.4, 0.5) is 24.5 Å². The molecule has 0 aliphatic carbocycles. The van der Waals surface area contributed by atoms with E-state index in [4.69, 9.17) is 0 Å². The van der Waals surface area contributed by atoms with Crippen LogP contribution in [-0.4, -0.2) is 17.4 Å². The van der Waals surface area contributed by atoms with E-state index >= 15 is 0 Å². The minimum atomic E-state index is -1.63. The molecule has 2 aromatic rings. The monoisotopic (exact) mass is 323 g/mol. The van der Waals surface area contributed by atoms with Crippen LogP contribution in [0, 0.1) is 17.5 Å². The Hall–Kier alpha value is -2.57. The van der Waals surface area contributed by atoms with Gasteiger partial charge >= 0.3 is 0 Å². The summed E-state index contributed by atoms with van der Waals surface area (Å²) in [6, 6.07) is 4.81. The number of benzene rings is 1. The van der Waals surface area contributed by atoms with E-state index in [0.29, 0.717) is 0 Å². The van der Waals surface area contributed by atoms with Crippen molar-refractivity contribution in [1.29, 1.82) is 0 Å². The molecule has 0 fully saturated rings. The van der Waals surface area contributed by atoms with Crippen molar-refractivity contribution in [3.8, 4) is 0 Å². The number of carbonyl (C=O) groups excluding carboxylic acids is 1. The molecule has 0 saturated heterocycles. The highest BCUT2D eigenvalue weighted by molar-refractivity contribution is 6.03. The Morgan fingerprint density at radius 1 is 1.13 bits per heavy atom. The topological polar surface area (TPSA) is 54.0 Å². The largest absolute Gasteiger partial charge is 0.384 e. The van der Waals surface area contributed by atoms with Crippen LogP contribution in [0.5, 0.6) is 0 Å². The van der Waals surface area contributed by atoms with E-state index in [9.17, 15) is 18.0 Å². The maximum atomic E-state index is 13.5. The normalized spacial score (nSPS) is 10.4. The summed E-state index contributed by atoms with van der Waals surface area (Å²) in [6.07, 6.45) is 3.55. The number of carbonyl (C=O) groups is 1. The molecule has 1 aromatic heterocycles. The molecule has 0 atom stereocenters. The Balaban J connectivity index is 2.05. The summed E-state index contributed by atoms with van der Waals surface area (Å²) in [5.41, 5.74) is 0.352. The number of nitrogens with zero attached hydrogens (tertiary/aromatic N) is 1. The van der Waals surface area contributed by atoms with E-state index in [0.717, 1.165) is 37.2 Å². The highest BCUT2D eigenvalue weighted by atomic mass is 19.2. The Bertz CT molecular complexity index is 690. The molecule has 4 nitrogen and oxygen atoms in total. The van der Waals surface area contributed by atoms with Crippen molar-refractivity contribution in [2.45, 2.75) is 19.8 Å². The Kier molecular flexibility index (Phi) is 5.56. The van der Waals surface area contributed by atoms with Crippen molar-refractivity contribution in [2.24, 2.45) is 0 Å². The number of rotatable bonds is 6. The van der Waals surface area contributed by atoms with Gasteiger partial charge in [-0.05, 0) is 30.7 Å². The Morgan fingerprint density at radius 3 is 2.57 bits per heavy atom. The highest BCUT2D eigenvalue weighted by Crippen LogP contribution is 2.20. The second-order valence-electron chi connectivity index (χ2n) is 4.89. The first-order valence-electron chi connectivity index (χ1n) is 7.17. The van der Waals surface area contributed by atoms with E-state index < -0.39 is 29.0 Å². The van der Waals surface area contributed by atoms with Crippen molar-refractivity contribution in [3.05, 3.63) is 53.6 Å². The molecular formula is C16H16F3N3O. The lowest BCUT2D eigenvalue weighted by Crippen LogP contribution is -2.15. The predicted octanol–water partition coefficient (Wildman–Crippen LogP) is 3.96. The number of aromatic nitrogens is 1. The van der Waals surface area contributed by atoms with Crippen LogP contribution < -0.4 is 10.6 Å². The molecule has 1 heterocycles. The molecule has 7 heteroatoms. The van der Waals surface area contributed by atoms with Crippen LogP contribution in [0.1, 0.15) is 30.3 Å². The second-order valence-corrected chi connectivity index (χ2v) is 4.89. The maximum absolute atomic E-state index is 13.5. The summed E-state index contributed by atoms with van der Waals surface area (Å²) < 4.78 is 39.5. The van der Waals surface area contributed by atoms with Gasteiger partial charge in [-0.15, -0.1) is 0 Å². The molecule has 23 heavy (non-hydrogen) atoms. The SMILES string of the molecule is CCCCNc1ccc(C(=O)Nc2ccc(F)c(F)c2F)nc1. The molecule has 122 valence electrons. The summed E-state index contributed by atoms with van der Waals surface area (Å²) in [6.45, 7) is 2.87. The fraction of sp³-hybridized carbons (Fsp3) is 0.250. The fourth-order valence-corrected chi connectivity index (χ4v) is 1.85. The summed E-state index contributed by atoms with van der Waals surface area (Å²) in [5.74, 6) is -5.11. The number of halogens is 3. The lowest BCUT2D eigenvalue weighted by molar-refractivity contribution is 0.102. The van der Waals surface area contributed by atoms with Crippen LogP contribution in [0.2, 0.25) is 0 Å². The highest BCUT2D eigenvalue weighted by Gasteiger charge is 2.16. The molecule has 2 rings (SSSR count). The lowest BCUT2D eigenvalue weighted by Gasteiger charge is -2.08. The van der Waals surface area contributed by atoms with Gasteiger partial charge in [0.25, 0.3) is 5.91 Å². The molecule has 2 N–H and O–H groups in total. The molecule has 0 radical (unpaired) electrons. The quantitative estimate of drug-likeness (QED) is 0.625. The zero-order valence-electron chi connectivity index (χ0n) is 12.5. The van der Waals surface area contributed by atoms with Crippen LogP contribution in [0.15, 0.2) is 30.5 Å². The van der Waals surface area contributed by atoms with Gasteiger partial charge in [-0.25, -0.2) is 18.2 Å². The van der Waals surface area contributed by atoms with Gasteiger partial charge in [0.1, 0.15) is 5.69 Å². The standard InChI is InChI=1S/C16H16F3N3O/c1-2-3-8-20-10-4-6-13(21-9-10)16(23)22-12-7-5-11(17)14(18)15(12)19/h4-7,9,20H,2-3,8H2,1H3,(H,22,23). The van der Waals surface area contributed by atoms with Crippen molar-refractivity contribution < 1.29 is 18.0 Å². The van der Waals surface area contributed by atoms with E-state index in [-0.39, 0.29) is 5.69 Å². The molecule has 0 bridgehead atoms. The molecule has 0 aliphatic rings. The Labute approximate surface area is 131 Å². The zero-order chi connectivity index (χ0) is 16.8. The minimum Gasteiger partial charge on any atom is -0.384 e. The number of pyridine rings is 1. The Morgan fingerprint density at radius 2 is 1.91 bits per heavy atom. The first-order chi connectivity index (χ1) is 11.0. The van der Waals surface area contributed by atoms with Gasteiger partial charge in [0.15, 0.2) is 17.5 Å². The molecular weight excluding hydrogens is 307 g/mol. The third kappa shape index (κ3) is 4.21. The number of hydrogen-bond donors (Lipinski definition) is 2. The van der Waals surface area contributed by atoms with E-state index in [2.05, 4.69) is 22.5 Å².